The Hall–Kier alpha value is -0.340. The van der Waals surface area contributed by atoms with E-state index in [0.717, 1.165) is 25.9 Å². The van der Waals surface area contributed by atoms with Gasteiger partial charge in [-0.15, -0.1) is 0 Å². The predicted molar refractivity (Wildman–Crippen MR) is 51.0 cm³/mol. The van der Waals surface area contributed by atoms with Crippen LogP contribution in [0.25, 0.3) is 0 Å². The van der Waals surface area contributed by atoms with Gasteiger partial charge in [-0.1, -0.05) is 11.6 Å². The summed E-state index contributed by atoms with van der Waals surface area (Å²) < 4.78 is 0. The van der Waals surface area contributed by atoms with E-state index in [9.17, 15) is 0 Å². The molecule has 0 aromatic rings. The van der Waals surface area contributed by atoms with Gasteiger partial charge in [0.05, 0.1) is 6.10 Å². The summed E-state index contributed by atoms with van der Waals surface area (Å²) in [4.78, 5) is 0. The van der Waals surface area contributed by atoms with Crippen molar-refractivity contribution in [2.75, 3.05) is 13.1 Å². The molecule has 1 aliphatic rings. The number of aliphatic hydroxyl groups excluding tert-OH is 1. The lowest BCUT2D eigenvalue weighted by atomic mass is 9.82. The zero-order valence-corrected chi connectivity index (χ0v) is 8.01. The molecule has 0 heterocycles. The van der Waals surface area contributed by atoms with Crippen LogP contribution in [-0.4, -0.2) is 24.3 Å². The molecule has 70 valence electrons. The van der Waals surface area contributed by atoms with Gasteiger partial charge in [0.25, 0.3) is 0 Å². The number of allylic oxidation sites excluding steroid dienone is 1. The van der Waals surface area contributed by atoms with Gasteiger partial charge < -0.3 is 10.4 Å². The molecular formula is C10H19NO. The van der Waals surface area contributed by atoms with Crippen molar-refractivity contribution in [2.24, 2.45) is 5.92 Å². The van der Waals surface area contributed by atoms with Crippen LogP contribution in [0.1, 0.15) is 26.7 Å². The highest BCUT2D eigenvalue weighted by Gasteiger charge is 2.25. The summed E-state index contributed by atoms with van der Waals surface area (Å²) in [6, 6.07) is 0. The Kier molecular flexibility index (Phi) is 3.76. The molecule has 1 aliphatic carbocycles. The molecule has 0 spiro atoms. The molecule has 0 radical (unpaired) electrons. The molecule has 0 bridgehead atoms. The summed E-state index contributed by atoms with van der Waals surface area (Å²) in [5, 5.41) is 12.4. The third-order valence-corrected chi connectivity index (χ3v) is 2.30. The van der Waals surface area contributed by atoms with Gasteiger partial charge in [0.2, 0.25) is 0 Å². The Morgan fingerprint density at radius 3 is 2.67 bits per heavy atom. The molecule has 0 atom stereocenters. The molecule has 1 rings (SSSR count). The lowest BCUT2D eigenvalue weighted by Gasteiger charge is -2.31. The summed E-state index contributed by atoms with van der Waals surface area (Å²) in [6.45, 7) is 6.24. The second-order valence-corrected chi connectivity index (χ2v) is 3.93. The minimum Gasteiger partial charge on any atom is -0.393 e. The fourth-order valence-corrected chi connectivity index (χ4v) is 1.43. The van der Waals surface area contributed by atoms with E-state index in [2.05, 4.69) is 25.2 Å². The Morgan fingerprint density at radius 2 is 2.17 bits per heavy atom. The number of rotatable bonds is 4. The summed E-state index contributed by atoms with van der Waals surface area (Å²) in [6.07, 6.45) is 4.15. The monoisotopic (exact) mass is 169 g/mol. The van der Waals surface area contributed by atoms with Crippen LogP contribution in [0.15, 0.2) is 11.6 Å². The van der Waals surface area contributed by atoms with Crippen molar-refractivity contribution in [3.8, 4) is 0 Å². The first-order valence-corrected chi connectivity index (χ1v) is 4.70. The van der Waals surface area contributed by atoms with Gasteiger partial charge in [0.1, 0.15) is 0 Å². The van der Waals surface area contributed by atoms with Crippen LogP contribution in [0.3, 0.4) is 0 Å². The quantitative estimate of drug-likeness (QED) is 0.491. The molecule has 0 amide bonds. The molecule has 0 saturated heterocycles. The number of hydrogen-bond donors (Lipinski definition) is 2. The maximum atomic E-state index is 9.02. The van der Waals surface area contributed by atoms with Crippen LogP contribution in [0.5, 0.6) is 0 Å². The molecule has 0 unspecified atom stereocenters. The highest BCUT2D eigenvalue weighted by molar-refractivity contribution is 4.94. The van der Waals surface area contributed by atoms with E-state index >= 15 is 0 Å². The van der Waals surface area contributed by atoms with Gasteiger partial charge in [-0.2, -0.15) is 0 Å². The topological polar surface area (TPSA) is 32.3 Å². The van der Waals surface area contributed by atoms with E-state index in [0.29, 0.717) is 5.92 Å². The molecule has 2 N–H and O–H groups in total. The van der Waals surface area contributed by atoms with E-state index in [1.54, 1.807) is 0 Å². The first-order chi connectivity index (χ1) is 5.68. The largest absolute Gasteiger partial charge is 0.393 e. The zero-order chi connectivity index (χ0) is 8.97. The van der Waals surface area contributed by atoms with Gasteiger partial charge in [-0.3, -0.25) is 0 Å². The standard InChI is InChI=1S/C10H19NO/c1-8(2)3-4-11-7-9-5-10(12)6-9/h3,9-12H,4-7H2,1-2H3. The van der Waals surface area contributed by atoms with E-state index < -0.39 is 0 Å². The van der Waals surface area contributed by atoms with E-state index in [4.69, 9.17) is 5.11 Å². The molecule has 12 heavy (non-hydrogen) atoms. The summed E-state index contributed by atoms with van der Waals surface area (Å²) in [7, 11) is 0. The van der Waals surface area contributed by atoms with Crippen molar-refractivity contribution >= 4 is 0 Å². The Morgan fingerprint density at radius 1 is 1.50 bits per heavy atom. The summed E-state index contributed by atoms with van der Waals surface area (Å²) in [5.74, 6) is 0.713. The highest BCUT2D eigenvalue weighted by atomic mass is 16.3. The minimum atomic E-state index is -0.0137. The number of aliphatic hydroxyl groups is 1. The second-order valence-electron chi connectivity index (χ2n) is 3.93. The van der Waals surface area contributed by atoms with Gasteiger partial charge in [-0.05, 0) is 39.2 Å². The molecule has 1 saturated carbocycles. The van der Waals surface area contributed by atoms with E-state index in [-0.39, 0.29) is 6.10 Å². The van der Waals surface area contributed by atoms with Crippen molar-refractivity contribution in [1.82, 2.24) is 5.32 Å². The molecule has 2 nitrogen and oxygen atoms in total. The van der Waals surface area contributed by atoms with Gasteiger partial charge in [0.15, 0.2) is 0 Å². The average Bonchev–Trinajstić information content (AvgIpc) is 1.93. The fourth-order valence-electron chi connectivity index (χ4n) is 1.43. The second kappa shape index (κ2) is 4.63. The fraction of sp³-hybridized carbons (Fsp3) is 0.800. The van der Waals surface area contributed by atoms with Crippen LogP contribution in [0.4, 0.5) is 0 Å². The summed E-state index contributed by atoms with van der Waals surface area (Å²) in [5.41, 5.74) is 1.36. The van der Waals surface area contributed by atoms with Crippen molar-refractivity contribution in [1.29, 1.82) is 0 Å². The molecule has 2 heteroatoms. The van der Waals surface area contributed by atoms with Crippen molar-refractivity contribution < 1.29 is 5.11 Å². The van der Waals surface area contributed by atoms with Crippen molar-refractivity contribution in [3.05, 3.63) is 11.6 Å². The first-order valence-electron chi connectivity index (χ1n) is 4.70. The normalized spacial score (nSPS) is 27.9. The van der Waals surface area contributed by atoms with Crippen LogP contribution < -0.4 is 5.32 Å². The lowest BCUT2D eigenvalue weighted by molar-refractivity contribution is 0.0435. The van der Waals surface area contributed by atoms with Crippen molar-refractivity contribution in [2.45, 2.75) is 32.8 Å². The highest BCUT2D eigenvalue weighted by Crippen LogP contribution is 2.25. The van der Waals surface area contributed by atoms with Crippen LogP contribution >= 0.6 is 0 Å². The molecular weight excluding hydrogens is 150 g/mol. The van der Waals surface area contributed by atoms with Crippen LogP contribution in [-0.2, 0) is 0 Å². The van der Waals surface area contributed by atoms with Gasteiger partial charge >= 0.3 is 0 Å². The third-order valence-electron chi connectivity index (χ3n) is 2.30. The Labute approximate surface area is 74.7 Å². The maximum Gasteiger partial charge on any atom is 0.0546 e. The van der Waals surface area contributed by atoms with Crippen molar-refractivity contribution in [3.63, 3.8) is 0 Å². The maximum absolute atomic E-state index is 9.02. The van der Waals surface area contributed by atoms with E-state index in [1.165, 1.54) is 5.57 Å². The molecule has 0 aliphatic heterocycles. The van der Waals surface area contributed by atoms with Gasteiger partial charge in [0, 0.05) is 6.54 Å². The SMILES string of the molecule is CC(C)=CCNCC1CC(O)C1. The van der Waals surface area contributed by atoms with E-state index in [1.807, 2.05) is 0 Å². The first kappa shape index (κ1) is 9.75. The smallest absolute Gasteiger partial charge is 0.0546 e. The Bertz CT molecular complexity index is 155. The predicted octanol–water partition coefficient (Wildman–Crippen LogP) is 1.31. The summed E-state index contributed by atoms with van der Waals surface area (Å²) >= 11 is 0. The van der Waals surface area contributed by atoms with Gasteiger partial charge in [-0.25, -0.2) is 0 Å². The molecule has 0 aromatic carbocycles. The number of hydrogen-bond acceptors (Lipinski definition) is 2. The molecule has 0 aromatic heterocycles. The Balaban J connectivity index is 1.93. The minimum absolute atomic E-state index is 0.0137. The molecule has 1 fully saturated rings. The van der Waals surface area contributed by atoms with Crippen LogP contribution in [0, 0.1) is 5.92 Å². The third kappa shape index (κ3) is 3.37. The van der Waals surface area contributed by atoms with Crippen LogP contribution in [0.2, 0.25) is 0 Å². The lowest BCUT2D eigenvalue weighted by Crippen LogP contribution is -2.36. The average molecular weight is 169 g/mol. The zero-order valence-electron chi connectivity index (χ0n) is 8.01. The number of nitrogens with one attached hydrogen (secondary N) is 1.